The quantitative estimate of drug-likeness (QED) is 0.717. The highest BCUT2D eigenvalue weighted by molar-refractivity contribution is 5.94. The van der Waals surface area contributed by atoms with Crippen LogP contribution in [0.4, 0.5) is 4.39 Å². The van der Waals surface area contributed by atoms with E-state index in [1.54, 1.807) is 29.5 Å². The van der Waals surface area contributed by atoms with Crippen LogP contribution in [0.2, 0.25) is 0 Å². The van der Waals surface area contributed by atoms with Crippen LogP contribution in [0, 0.1) is 12.7 Å². The van der Waals surface area contributed by atoms with Crippen molar-refractivity contribution in [3.63, 3.8) is 0 Å². The molecule has 2 heterocycles. The topological polar surface area (TPSA) is 87.5 Å². The van der Waals surface area contributed by atoms with Crippen molar-refractivity contribution in [3.05, 3.63) is 58.9 Å². The summed E-state index contributed by atoms with van der Waals surface area (Å²) in [6.07, 6.45) is 1.51. The molecular weight excluding hydrogens is 399 g/mol. The van der Waals surface area contributed by atoms with Crippen molar-refractivity contribution in [1.29, 1.82) is 0 Å². The van der Waals surface area contributed by atoms with Gasteiger partial charge >= 0.3 is 0 Å². The number of hydrogen-bond donors (Lipinski definition) is 2. The molecule has 2 aromatic rings. The fourth-order valence-electron chi connectivity index (χ4n) is 3.79. The SMILES string of the molecule is C=CC(=O)N1CC(NC(=O)c2c(C)nc(Cc3cc(C(C)(C)C)c(F)cc3O)n2C)C1. The van der Waals surface area contributed by atoms with Crippen LogP contribution in [0.25, 0.3) is 0 Å². The Bertz CT molecular complexity index is 1050. The molecule has 1 aromatic heterocycles. The first kappa shape index (κ1) is 22.5. The second-order valence-corrected chi connectivity index (χ2v) is 9.03. The molecule has 1 aliphatic heterocycles. The lowest BCUT2D eigenvalue weighted by atomic mass is 9.85. The van der Waals surface area contributed by atoms with Gasteiger partial charge in [-0.15, -0.1) is 0 Å². The predicted octanol–water partition coefficient (Wildman–Crippen LogP) is 2.59. The summed E-state index contributed by atoms with van der Waals surface area (Å²) in [6.45, 7) is 11.8. The fourth-order valence-corrected chi connectivity index (χ4v) is 3.79. The normalized spacial score (nSPS) is 14.3. The first-order valence-corrected chi connectivity index (χ1v) is 10.2. The molecule has 0 atom stereocenters. The van der Waals surface area contributed by atoms with Crippen LogP contribution in [-0.2, 0) is 23.7 Å². The number of benzene rings is 1. The molecule has 1 aromatic carbocycles. The van der Waals surface area contributed by atoms with E-state index in [1.807, 2.05) is 20.8 Å². The number of aryl methyl sites for hydroxylation is 1. The van der Waals surface area contributed by atoms with Gasteiger partial charge in [-0.1, -0.05) is 27.4 Å². The van der Waals surface area contributed by atoms with Crippen molar-refractivity contribution in [2.24, 2.45) is 7.05 Å². The standard InChI is InChI=1S/C23H29FN4O3/c1-7-20(30)28-11-15(12-28)26-22(31)21-13(2)25-19(27(21)6)9-14-8-16(23(3,4)5)17(24)10-18(14)29/h7-8,10,15,29H,1,9,11-12H2,2-6H3,(H,26,31). The van der Waals surface area contributed by atoms with Crippen molar-refractivity contribution in [2.45, 2.75) is 45.6 Å². The third-order valence-corrected chi connectivity index (χ3v) is 5.61. The summed E-state index contributed by atoms with van der Waals surface area (Å²) in [5, 5.41) is 13.2. The molecule has 0 saturated carbocycles. The summed E-state index contributed by atoms with van der Waals surface area (Å²) >= 11 is 0. The van der Waals surface area contributed by atoms with E-state index in [-0.39, 0.29) is 30.0 Å². The van der Waals surface area contributed by atoms with Crippen LogP contribution in [0.15, 0.2) is 24.8 Å². The zero-order chi connectivity index (χ0) is 23.1. The number of nitrogens with zero attached hydrogens (tertiary/aromatic N) is 3. The number of nitrogens with one attached hydrogen (secondary N) is 1. The zero-order valence-corrected chi connectivity index (χ0v) is 18.6. The van der Waals surface area contributed by atoms with Gasteiger partial charge in [-0.05, 0) is 30.0 Å². The Kier molecular flexibility index (Phi) is 5.93. The number of amides is 2. The van der Waals surface area contributed by atoms with E-state index in [0.717, 1.165) is 6.07 Å². The molecule has 2 N–H and O–H groups in total. The number of carbonyl (C=O) groups excluding carboxylic acids is 2. The molecule has 1 saturated heterocycles. The van der Waals surface area contributed by atoms with E-state index in [0.29, 0.717) is 41.4 Å². The van der Waals surface area contributed by atoms with E-state index in [2.05, 4.69) is 16.9 Å². The van der Waals surface area contributed by atoms with Crippen molar-refractivity contribution in [2.75, 3.05) is 13.1 Å². The maximum absolute atomic E-state index is 14.3. The minimum absolute atomic E-state index is 0.121. The lowest BCUT2D eigenvalue weighted by Gasteiger charge is -2.38. The molecule has 0 spiro atoms. The van der Waals surface area contributed by atoms with Gasteiger partial charge in [0.1, 0.15) is 23.1 Å². The summed E-state index contributed by atoms with van der Waals surface area (Å²) in [4.78, 5) is 30.5. The fraction of sp³-hybridized carbons (Fsp3) is 0.435. The van der Waals surface area contributed by atoms with E-state index in [9.17, 15) is 19.1 Å². The summed E-state index contributed by atoms with van der Waals surface area (Å²) in [5.74, 6) is -0.430. The lowest BCUT2D eigenvalue weighted by Crippen LogP contribution is -2.60. The van der Waals surface area contributed by atoms with Gasteiger partial charge in [0, 0.05) is 38.2 Å². The number of rotatable bonds is 5. The van der Waals surface area contributed by atoms with Crippen LogP contribution >= 0.6 is 0 Å². The molecule has 7 nitrogen and oxygen atoms in total. The number of halogens is 1. The lowest BCUT2D eigenvalue weighted by molar-refractivity contribution is -0.130. The largest absolute Gasteiger partial charge is 0.508 e. The average molecular weight is 429 g/mol. The summed E-state index contributed by atoms with van der Waals surface area (Å²) in [7, 11) is 1.74. The molecule has 8 heteroatoms. The maximum atomic E-state index is 14.3. The average Bonchev–Trinajstić information content (AvgIpc) is 2.91. The van der Waals surface area contributed by atoms with Gasteiger partial charge in [-0.3, -0.25) is 9.59 Å². The second kappa shape index (κ2) is 8.17. The van der Waals surface area contributed by atoms with Gasteiger partial charge in [0.15, 0.2) is 0 Å². The number of phenols is 1. The smallest absolute Gasteiger partial charge is 0.270 e. The minimum atomic E-state index is -0.450. The van der Waals surface area contributed by atoms with Crippen molar-refractivity contribution >= 4 is 11.8 Å². The maximum Gasteiger partial charge on any atom is 0.270 e. The third kappa shape index (κ3) is 4.47. The molecule has 166 valence electrons. The van der Waals surface area contributed by atoms with E-state index in [1.165, 1.54) is 6.08 Å². The Morgan fingerprint density at radius 3 is 2.58 bits per heavy atom. The van der Waals surface area contributed by atoms with Crippen LogP contribution < -0.4 is 5.32 Å². The van der Waals surface area contributed by atoms with Gasteiger partial charge in [-0.2, -0.15) is 0 Å². The molecule has 0 radical (unpaired) electrons. The van der Waals surface area contributed by atoms with Crippen molar-refractivity contribution in [3.8, 4) is 5.75 Å². The molecule has 0 unspecified atom stereocenters. The molecule has 0 bridgehead atoms. The van der Waals surface area contributed by atoms with Gasteiger partial charge in [0.05, 0.1) is 11.7 Å². The Balaban J connectivity index is 1.79. The second-order valence-electron chi connectivity index (χ2n) is 9.03. The molecule has 3 rings (SSSR count). The van der Waals surface area contributed by atoms with Gasteiger partial charge in [0.25, 0.3) is 5.91 Å². The van der Waals surface area contributed by atoms with Gasteiger partial charge < -0.3 is 19.9 Å². The van der Waals surface area contributed by atoms with Crippen LogP contribution in [0.5, 0.6) is 5.75 Å². The first-order valence-electron chi connectivity index (χ1n) is 10.2. The highest BCUT2D eigenvalue weighted by Gasteiger charge is 2.32. The third-order valence-electron chi connectivity index (χ3n) is 5.61. The van der Waals surface area contributed by atoms with Crippen LogP contribution in [0.1, 0.15) is 53.9 Å². The Morgan fingerprint density at radius 2 is 2.00 bits per heavy atom. The summed E-state index contributed by atoms with van der Waals surface area (Å²) in [5.41, 5.74) is 1.61. The van der Waals surface area contributed by atoms with E-state index >= 15 is 0 Å². The predicted molar refractivity (Wildman–Crippen MR) is 116 cm³/mol. The van der Waals surface area contributed by atoms with Crippen LogP contribution in [0.3, 0.4) is 0 Å². The molecular formula is C23H29FN4O3. The Labute approximate surface area is 181 Å². The van der Waals surface area contributed by atoms with Crippen LogP contribution in [-0.4, -0.2) is 50.5 Å². The van der Waals surface area contributed by atoms with Crippen molar-refractivity contribution < 1.29 is 19.1 Å². The van der Waals surface area contributed by atoms with E-state index in [4.69, 9.17) is 0 Å². The number of carbonyl (C=O) groups is 2. The highest BCUT2D eigenvalue weighted by atomic mass is 19.1. The number of aromatic nitrogens is 2. The number of imidazole rings is 1. The molecule has 1 fully saturated rings. The number of aromatic hydroxyl groups is 1. The number of likely N-dealkylation sites (tertiary alicyclic amines) is 1. The monoisotopic (exact) mass is 428 g/mol. The zero-order valence-electron chi connectivity index (χ0n) is 18.6. The number of hydrogen-bond acceptors (Lipinski definition) is 4. The summed E-state index contributed by atoms with van der Waals surface area (Å²) < 4.78 is 16.0. The first-order chi connectivity index (χ1) is 14.4. The summed E-state index contributed by atoms with van der Waals surface area (Å²) in [6, 6.07) is 2.67. The molecule has 31 heavy (non-hydrogen) atoms. The van der Waals surface area contributed by atoms with Gasteiger partial charge in [0.2, 0.25) is 5.91 Å². The highest BCUT2D eigenvalue weighted by Crippen LogP contribution is 2.31. The Hall–Kier alpha value is -3.16. The minimum Gasteiger partial charge on any atom is -0.508 e. The van der Waals surface area contributed by atoms with Crippen molar-refractivity contribution in [1.82, 2.24) is 19.8 Å². The van der Waals surface area contributed by atoms with E-state index < -0.39 is 11.2 Å². The molecule has 2 amide bonds. The Morgan fingerprint density at radius 1 is 1.35 bits per heavy atom. The van der Waals surface area contributed by atoms with Gasteiger partial charge in [-0.25, -0.2) is 9.37 Å². The number of phenolic OH excluding ortho intramolecular Hbond substituents is 1. The molecule has 0 aliphatic carbocycles. The molecule has 1 aliphatic rings.